The smallest absolute Gasteiger partial charge is 0.319 e. The van der Waals surface area contributed by atoms with Gasteiger partial charge < -0.3 is 19.3 Å². The minimum atomic E-state index is -2.60. The first-order valence-electron chi connectivity index (χ1n) is 9.97. The molecule has 2 N–H and O–H groups in total. The van der Waals surface area contributed by atoms with Crippen LogP contribution in [0.25, 0.3) is 0 Å². The zero-order valence-electron chi connectivity index (χ0n) is 15.8. The minimum Gasteiger partial charge on any atom is -0.508 e. The predicted octanol–water partition coefficient (Wildman–Crippen LogP) is 5.21. The third-order valence-corrected chi connectivity index (χ3v) is 6.55. The first-order valence-corrected chi connectivity index (χ1v) is 11.2. The van der Waals surface area contributed by atoms with Crippen LogP contribution in [-0.2, 0) is 13.6 Å². The van der Waals surface area contributed by atoms with Crippen molar-refractivity contribution in [3.63, 3.8) is 0 Å². The Morgan fingerprint density at radius 1 is 0.821 bits per heavy atom. The van der Waals surface area contributed by atoms with Gasteiger partial charge >= 0.3 is 8.25 Å². The highest BCUT2D eigenvalue weighted by atomic mass is 31.1. The highest BCUT2D eigenvalue weighted by Gasteiger charge is 2.34. The van der Waals surface area contributed by atoms with Crippen molar-refractivity contribution in [3.8, 4) is 11.5 Å². The Morgan fingerprint density at radius 3 is 1.61 bits per heavy atom. The second kappa shape index (κ2) is 8.69. The molecule has 0 heterocycles. The van der Waals surface area contributed by atoms with Crippen LogP contribution in [0.4, 0.5) is 0 Å². The summed E-state index contributed by atoms with van der Waals surface area (Å²) in [5, 5.41) is 19.5. The number of aromatic hydroxyl groups is 2. The second-order valence-corrected chi connectivity index (χ2v) is 9.03. The summed E-state index contributed by atoms with van der Waals surface area (Å²) in [6.45, 7) is 0.679. The van der Waals surface area contributed by atoms with Gasteiger partial charge in [0.2, 0.25) is 0 Å². The average molecular weight is 402 g/mol. The van der Waals surface area contributed by atoms with E-state index in [1.54, 1.807) is 24.3 Å². The molecular formula is C22H27O5P. The van der Waals surface area contributed by atoms with E-state index in [4.69, 9.17) is 9.05 Å². The molecule has 0 saturated heterocycles. The van der Waals surface area contributed by atoms with Crippen LogP contribution >= 0.6 is 8.25 Å². The fraction of sp³-hybridized carbons (Fsp3) is 0.455. The van der Waals surface area contributed by atoms with Gasteiger partial charge in [0.05, 0.1) is 13.2 Å². The molecule has 2 aromatic rings. The summed E-state index contributed by atoms with van der Waals surface area (Å²) in [7, 11) is -2.60. The molecule has 0 spiro atoms. The van der Waals surface area contributed by atoms with Gasteiger partial charge in [0.1, 0.15) is 11.5 Å². The molecule has 5 nitrogen and oxygen atoms in total. The number of phenolic OH excluding ortho intramolecular Hbond substituents is 2. The van der Waals surface area contributed by atoms with E-state index >= 15 is 0 Å². The normalized spacial score (nSPS) is 19.9. The molecule has 2 saturated carbocycles. The van der Waals surface area contributed by atoms with E-state index < -0.39 is 8.25 Å². The van der Waals surface area contributed by atoms with Crippen molar-refractivity contribution in [1.82, 2.24) is 0 Å². The molecule has 2 aliphatic carbocycles. The van der Waals surface area contributed by atoms with Crippen LogP contribution in [0.3, 0.4) is 0 Å². The van der Waals surface area contributed by atoms with Crippen LogP contribution in [0.5, 0.6) is 11.5 Å². The molecular weight excluding hydrogens is 375 g/mol. The van der Waals surface area contributed by atoms with E-state index in [0.29, 0.717) is 25.0 Å². The zero-order chi connectivity index (χ0) is 19.5. The van der Waals surface area contributed by atoms with Crippen molar-refractivity contribution in [1.29, 1.82) is 0 Å². The lowest BCUT2D eigenvalue weighted by Crippen LogP contribution is -2.10. The molecule has 2 aliphatic rings. The lowest BCUT2D eigenvalue weighted by Gasteiger charge is -2.19. The van der Waals surface area contributed by atoms with Crippen LogP contribution in [0.2, 0.25) is 0 Å². The molecule has 28 heavy (non-hydrogen) atoms. The summed E-state index contributed by atoms with van der Waals surface area (Å²) in [6.07, 6.45) is 4.53. The third kappa shape index (κ3) is 5.16. The first kappa shape index (κ1) is 19.5. The molecule has 4 rings (SSSR count). The van der Waals surface area contributed by atoms with E-state index in [2.05, 4.69) is 0 Å². The summed E-state index contributed by atoms with van der Waals surface area (Å²) in [6, 6.07) is 14.4. The fourth-order valence-corrected chi connectivity index (χ4v) is 4.59. The van der Waals surface area contributed by atoms with Gasteiger partial charge in [-0.3, -0.25) is 4.57 Å². The molecule has 0 radical (unpaired) electrons. The molecule has 150 valence electrons. The summed E-state index contributed by atoms with van der Waals surface area (Å²) in [5.41, 5.74) is 2.04. The van der Waals surface area contributed by atoms with Gasteiger partial charge in [-0.15, -0.1) is 0 Å². The Bertz CT molecular complexity index is 764. The number of hydrogen-bond acceptors (Lipinski definition) is 5. The maximum atomic E-state index is 12.4. The topological polar surface area (TPSA) is 76.0 Å². The molecule has 2 fully saturated rings. The zero-order valence-corrected chi connectivity index (χ0v) is 16.8. The van der Waals surface area contributed by atoms with Crippen molar-refractivity contribution >= 4 is 8.25 Å². The van der Waals surface area contributed by atoms with Crippen LogP contribution in [0, 0.1) is 11.8 Å². The largest absolute Gasteiger partial charge is 0.508 e. The third-order valence-electron chi connectivity index (χ3n) is 5.74. The van der Waals surface area contributed by atoms with Gasteiger partial charge in [-0.25, -0.2) is 0 Å². The molecule has 6 heteroatoms. The highest BCUT2D eigenvalue weighted by Crippen LogP contribution is 2.46. The summed E-state index contributed by atoms with van der Waals surface area (Å²) in [4.78, 5) is 0. The Kier molecular flexibility index (Phi) is 6.05. The second-order valence-electron chi connectivity index (χ2n) is 7.95. The Hall–Kier alpha value is -1.81. The van der Waals surface area contributed by atoms with Crippen LogP contribution in [-0.4, -0.2) is 23.4 Å². The first-order chi connectivity index (χ1) is 13.6. The van der Waals surface area contributed by atoms with Crippen LogP contribution < -0.4 is 0 Å². The standard InChI is InChI=1S/C22H27O5P/c23-19-5-1-3-17(11-19)21(15-7-8-15)13-26-28(25)27-14-22(16-9-10-16)18-4-2-6-20(24)12-18/h1-6,11-12,15-16,21-24,28H,7-10,13-14H2. The number of hydrogen-bond donors (Lipinski definition) is 2. The molecule has 2 aromatic carbocycles. The Morgan fingerprint density at radius 2 is 1.25 bits per heavy atom. The highest BCUT2D eigenvalue weighted by molar-refractivity contribution is 7.33. The van der Waals surface area contributed by atoms with E-state index in [9.17, 15) is 14.8 Å². The van der Waals surface area contributed by atoms with E-state index in [1.165, 1.54) is 0 Å². The van der Waals surface area contributed by atoms with Gasteiger partial charge in [-0.1, -0.05) is 24.3 Å². The van der Waals surface area contributed by atoms with Crippen molar-refractivity contribution < 1.29 is 23.8 Å². The van der Waals surface area contributed by atoms with E-state index in [-0.39, 0.29) is 23.3 Å². The molecule has 2 unspecified atom stereocenters. The van der Waals surface area contributed by atoms with E-state index in [1.807, 2.05) is 24.3 Å². The fourth-order valence-electron chi connectivity index (χ4n) is 3.87. The monoisotopic (exact) mass is 402 g/mol. The summed E-state index contributed by atoms with van der Waals surface area (Å²) >= 11 is 0. The van der Waals surface area contributed by atoms with Gasteiger partial charge in [0.15, 0.2) is 0 Å². The molecule has 0 aromatic heterocycles. The van der Waals surface area contributed by atoms with Gasteiger partial charge in [0, 0.05) is 11.8 Å². The van der Waals surface area contributed by atoms with Gasteiger partial charge in [-0.05, 0) is 72.9 Å². The number of benzene rings is 2. The maximum Gasteiger partial charge on any atom is 0.319 e. The van der Waals surface area contributed by atoms with Crippen molar-refractivity contribution in [2.24, 2.45) is 11.8 Å². The lowest BCUT2D eigenvalue weighted by molar-refractivity contribution is 0.197. The van der Waals surface area contributed by atoms with Gasteiger partial charge in [0.25, 0.3) is 0 Å². The Labute approximate surface area is 166 Å². The van der Waals surface area contributed by atoms with Crippen molar-refractivity contribution in [2.45, 2.75) is 37.5 Å². The van der Waals surface area contributed by atoms with Crippen molar-refractivity contribution in [2.75, 3.05) is 13.2 Å². The minimum absolute atomic E-state index is 0.134. The van der Waals surface area contributed by atoms with Crippen molar-refractivity contribution in [3.05, 3.63) is 59.7 Å². The summed E-state index contributed by atoms with van der Waals surface area (Å²) < 4.78 is 23.6. The lowest BCUT2D eigenvalue weighted by atomic mass is 9.95. The SMILES string of the molecule is O=[PH](OCC(c1cccc(O)c1)C1CC1)OCC(c1cccc(O)c1)C1CC1. The quantitative estimate of drug-likeness (QED) is 0.534. The Balaban J connectivity index is 1.32. The predicted molar refractivity (Wildman–Crippen MR) is 108 cm³/mol. The number of rotatable bonds is 10. The molecule has 0 aliphatic heterocycles. The molecule has 2 atom stereocenters. The maximum absolute atomic E-state index is 12.4. The van der Waals surface area contributed by atoms with Crippen LogP contribution in [0.15, 0.2) is 48.5 Å². The molecule has 0 bridgehead atoms. The molecule has 0 amide bonds. The number of phenols is 2. The average Bonchev–Trinajstić information content (AvgIpc) is 3.56. The van der Waals surface area contributed by atoms with E-state index in [0.717, 1.165) is 36.8 Å². The van der Waals surface area contributed by atoms with Gasteiger partial charge in [-0.2, -0.15) is 0 Å². The summed E-state index contributed by atoms with van der Waals surface area (Å²) in [5.74, 6) is 1.78. The van der Waals surface area contributed by atoms with Crippen LogP contribution in [0.1, 0.15) is 48.6 Å².